The van der Waals surface area contributed by atoms with E-state index in [-0.39, 0.29) is 7.43 Å². The van der Waals surface area contributed by atoms with Crippen LogP contribution in [-0.2, 0) is 4.79 Å². The maximum absolute atomic E-state index is 9.77. The maximum atomic E-state index is 9.77. The van der Waals surface area contributed by atoms with Gasteiger partial charge in [0.1, 0.15) is 6.29 Å². The number of carbonyl (C=O) groups excluding carboxylic acids is 1. The summed E-state index contributed by atoms with van der Waals surface area (Å²) in [6.45, 7) is 23.1. The number of hydrogen-bond acceptors (Lipinski definition) is 1. The minimum absolute atomic E-state index is 0. The lowest BCUT2D eigenvalue weighted by Crippen LogP contribution is -1.76. The van der Waals surface area contributed by atoms with Gasteiger partial charge in [-0.25, -0.2) is 0 Å². The summed E-state index contributed by atoms with van der Waals surface area (Å²) in [5, 5.41) is 0. The molecule has 0 spiro atoms. The molecular weight excluding hydrogens is 328 g/mol. The monoisotopic (exact) mass is 382 g/mol. The molecule has 27 heavy (non-hydrogen) atoms. The fraction of sp³-hybridized carbons (Fsp3) is 0.654. The molecule has 0 rings (SSSR count). The van der Waals surface area contributed by atoms with Gasteiger partial charge in [-0.1, -0.05) is 98.6 Å². The van der Waals surface area contributed by atoms with Gasteiger partial charge in [0.25, 0.3) is 0 Å². The zero-order valence-corrected chi connectivity index (χ0v) is 19.1. The molecule has 0 aliphatic carbocycles. The highest BCUT2D eigenvalue weighted by atomic mass is 16.1. The normalized spacial score (nSPS) is 7.78. The van der Waals surface area contributed by atoms with Crippen LogP contribution in [0.1, 0.15) is 113 Å². The average Bonchev–Trinajstić information content (AvgIpc) is 2.70. The fourth-order valence-corrected chi connectivity index (χ4v) is 0.988. The Morgan fingerprint density at radius 1 is 0.593 bits per heavy atom. The Labute approximate surface area is 174 Å². The third-order valence-electron chi connectivity index (χ3n) is 2.68. The molecule has 0 aromatic heterocycles. The smallest absolute Gasteiger partial charge is 0.119 e. The van der Waals surface area contributed by atoms with Crippen LogP contribution < -0.4 is 0 Å². The number of allylic oxidation sites excluding steroid dienone is 5. The van der Waals surface area contributed by atoms with E-state index in [9.17, 15) is 4.79 Å². The molecule has 0 unspecified atom stereocenters. The molecule has 0 fully saturated rings. The highest BCUT2D eigenvalue weighted by molar-refractivity contribution is 5.48. The predicted octanol–water partition coefficient (Wildman–Crippen LogP) is 9.90. The van der Waals surface area contributed by atoms with E-state index >= 15 is 0 Å². The zero-order valence-electron chi connectivity index (χ0n) is 19.1. The van der Waals surface area contributed by atoms with Gasteiger partial charge in [0, 0.05) is 6.42 Å². The van der Waals surface area contributed by atoms with Gasteiger partial charge in [0.2, 0.25) is 0 Å². The first kappa shape index (κ1) is 40.3. The number of rotatable bonds is 10. The Balaban J connectivity index is -0.0000000524. The summed E-state index contributed by atoms with van der Waals surface area (Å²) in [5.41, 5.74) is 0. The molecule has 0 atom stereocenters. The van der Waals surface area contributed by atoms with Crippen molar-refractivity contribution in [2.24, 2.45) is 0 Å². The van der Waals surface area contributed by atoms with E-state index in [0.29, 0.717) is 0 Å². The Morgan fingerprint density at radius 2 is 0.926 bits per heavy atom. The van der Waals surface area contributed by atoms with Gasteiger partial charge in [0.15, 0.2) is 0 Å². The summed E-state index contributed by atoms with van der Waals surface area (Å²) < 4.78 is 0. The van der Waals surface area contributed by atoms with Crippen LogP contribution >= 0.6 is 0 Å². The second kappa shape index (κ2) is 64.3. The minimum atomic E-state index is 0. The Bertz CT molecular complexity index is 226. The molecule has 0 aromatic rings. The van der Waals surface area contributed by atoms with Crippen molar-refractivity contribution >= 4 is 6.29 Å². The lowest BCUT2D eigenvalue weighted by molar-refractivity contribution is -0.107. The molecule has 0 aliphatic heterocycles. The van der Waals surface area contributed by atoms with Crippen LogP contribution in [0.15, 0.2) is 50.1 Å². The molecule has 0 bridgehead atoms. The van der Waals surface area contributed by atoms with Crippen LogP contribution in [0, 0.1) is 0 Å². The van der Waals surface area contributed by atoms with Crippen molar-refractivity contribution in [2.45, 2.75) is 113 Å². The predicted molar refractivity (Wildman–Crippen MR) is 133 cm³/mol. The molecule has 0 aliphatic rings. The fourth-order valence-electron chi connectivity index (χ4n) is 0.988. The van der Waals surface area contributed by atoms with Crippen molar-refractivity contribution in [1.82, 2.24) is 0 Å². The lowest BCUT2D eigenvalue weighted by Gasteiger charge is -1.90. The van der Waals surface area contributed by atoms with Crippen molar-refractivity contribution in [2.75, 3.05) is 0 Å². The SMILES string of the molecule is C.C=CCC.C=CCC.C=CCC.CC/C=C/CC.CCCCCCC=O. The van der Waals surface area contributed by atoms with E-state index in [1.807, 2.05) is 18.2 Å². The van der Waals surface area contributed by atoms with Crippen LogP contribution in [0.5, 0.6) is 0 Å². The lowest BCUT2D eigenvalue weighted by atomic mass is 10.2. The summed E-state index contributed by atoms with van der Waals surface area (Å²) in [7, 11) is 0. The topological polar surface area (TPSA) is 17.1 Å². The molecule has 0 N–H and O–H groups in total. The van der Waals surface area contributed by atoms with E-state index in [4.69, 9.17) is 0 Å². The quantitative estimate of drug-likeness (QED) is 0.209. The molecule has 1 nitrogen and oxygen atoms in total. The van der Waals surface area contributed by atoms with Gasteiger partial charge in [-0.2, -0.15) is 0 Å². The van der Waals surface area contributed by atoms with Crippen molar-refractivity contribution < 1.29 is 4.79 Å². The molecule has 0 radical (unpaired) electrons. The van der Waals surface area contributed by atoms with Crippen molar-refractivity contribution in [1.29, 1.82) is 0 Å². The van der Waals surface area contributed by atoms with Gasteiger partial charge < -0.3 is 4.79 Å². The highest BCUT2D eigenvalue weighted by Crippen LogP contribution is 1.99. The number of hydrogen-bond donors (Lipinski definition) is 0. The zero-order chi connectivity index (χ0) is 21.3. The number of carbonyl (C=O) groups is 1. The third kappa shape index (κ3) is 136. The van der Waals surface area contributed by atoms with E-state index in [2.05, 4.69) is 73.4 Å². The first-order valence-corrected chi connectivity index (χ1v) is 10.5. The van der Waals surface area contributed by atoms with E-state index in [0.717, 1.165) is 38.4 Å². The summed E-state index contributed by atoms with van der Waals surface area (Å²) in [6.07, 6.45) is 22.1. The first-order valence-electron chi connectivity index (χ1n) is 10.5. The van der Waals surface area contributed by atoms with Crippen LogP contribution in [0.25, 0.3) is 0 Å². The maximum Gasteiger partial charge on any atom is 0.119 e. The molecule has 1 heteroatoms. The first-order chi connectivity index (χ1) is 12.6. The number of aldehydes is 1. The minimum Gasteiger partial charge on any atom is -0.303 e. The van der Waals surface area contributed by atoms with Gasteiger partial charge in [-0.15, -0.1) is 19.7 Å². The van der Waals surface area contributed by atoms with E-state index < -0.39 is 0 Å². The largest absolute Gasteiger partial charge is 0.303 e. The molecule has 0 amide bonds. The molecule has 0 heterocycles. The average molecular weight is 383 g/mol. The summed E-state index contributed by atoms with van der Waals surface area (Å²) in [5.74, 6) is 0. The van der Waals surface area contributed by atoms with Gasteiger partial charge in [-0.05, 0) is 38.5 Å². The molecular formula is C26H54O. The van der Waals surface area contributed by atoms with Crippen molar-refractivity contribution in [3.63, 3.8) is 0 Å². The van der Waals surface area contributed by atoms with E-state index in [1.165, 1.54) is 32.1 Å². The number of unbranched alkanes of at least 4 members (excludes halogenated alkanes) is 4. The molecule has 0 saturated carbocycles. The highest BCUT2D eigenvalue weighted by Gasteiger charge is 1.83. The van der Waals surface area contributed by atoms with Crippen LogP contribution in [0.2, 0.25) is 0 Å². The Morgan fingerprint density at radius 3 is 1.11 bits per heavy atom. The summed E-state index contributed by atoms with van der Waals surface area (Å²) >= 11 is 0. The summed E-state index contributed by atoms with van der Waals surface area (Å²) in [4.78, 5) is 9.77. The molecule has 0 saturated heterocycles. The Kier molecular flexibility index (Phi) is 96.0. The second-order valence-electron chi connectivity index (χ2n) is 5.39. The van der Waals surface area contributed by atoms with Gasteiger partial charge >= 0.3 is 0 Å². The molecule has 0 aromatic carbocycles. The third-order valence-corrected chi connectivity index (χ3v) is 2.68. The second-order valence-corrected chi connectivity index (χ2v) is 5.39. The van der Waals surface area contributed by atoms with Crippen LogP contribution in [0.3, 0.4) is 0 Å². The van der Waals surface area contributed by atoms with Crippen molar-refractivity contribution in [3.05, 3.63) is 50.1 Å². The van der Waals surface area contributed by atoms with E-state index in [1.54, 1.807) is 0 Å². The van der Waals surface area contributed by atoms with Crippen molar-refractivity contribution in [3.8, 4) is 0 Å². The van der Waals surface area contributed by atoms with Gasteiger partial charge in [-0.3, -0.25) is 0 Å². The summed E-state index contributed by atoms with van der Waals surface area (Å²) in [6, 6.07) is 0. The standard InChI is InChI=1S/C7H14O.C6H12.3C4H8.CH4/c1-2-3-4-5-6-7-8;1-3-5-6-4-2;3*1-3-4-2;/h7H,2-6H2,1H3;5-6H,3-4H2,1-2H3;3*3H,1,4H2,2H3;1H4/b;6-5+;;;;. The van der Waals surface area contributed by atoms with Crippen LogP contribution in [-0.4, -0.2) is 6.29 Å². The molecule has 164 valence electrons. The van der Waals surface area contributed by atoms with Crippen LogP contribution in [0.4, 0.5) is 0 Å². The van der Waals surface area contributed by atoms with Gasteiger partial charge in [0.05, 0.1) is 0 Å². The Hall–Kier alpha value is -1.37.